The van der Waals surface area contributed by atoms with E-state index < -0.39 is 10.0 Å². The summed E-state index contributed by atoms with van der Waals surface area (Å²) in [4.78, 5) is 14.6. The predicted octanol–water partition coefficient (Wildman–Crippen LogP) is 3.01. The highest BCUT2D eigenvalue weighted by Crippen LogP contribution is 2.29. The first-order valence-electron chi connectivity index (χ1n) is 9.00. The van der Waals surface area contributed by atoms with Crippen molar-refractivity contribution in [3.63, 3.8) is 0 Å². The van der Waals surface area contributed by atoms with Crippen molar-refractivity contribution in [3.8, 4) is 0 Å². The molecule has 1 saturated heterocycles. The van der Waals surface area contributed by atoms with Gasteiger partial charge >= 0.3 is 0 Å². The minimum Gasteiger partial charge on any atom is -0.378 e. The van der Waals surface area contributed by atoms with Crippen LogP contribution in [0.5, 0.6) is 0 Å². The van der Waals surface area contributed by atoms with Crippen LogP contribution in [0.25, 0.3) is 0 Å². The quantitative estimate of drug-likeness (QED) is 0.742. The molecule has 0 aromatic heterocycles. The first-order valence-corrected chi connectivity index (χ1v) is 10.8. The number of rotatable bonds is 5. The Hall–Kier alpha value is -2.09. The lowest BCUT2D eigenvalue weighted by molar-refractivity contribution is -0.133. The number of morpholine rings is 1. The highest BCUT2D eigenvalue weighted by molar-refractivity contribution is 7.92. The molecule has 0 aliphatic carbocycles. The monoisotopic (exact) mass is 422 g/mol. The summed E-state index contributed by atoms with van der Waals surface area (Å²) >= 11 is 6.13. The topological polar surface area (TPSA) is 66.9 Å². The van der Waals surface area contributed by atoms with Crippen LogP contribution in [0.4, 0.5) is 5.69 Å². The number of hydrogen-bond acceptors (Lipinski definition) is 4. The minimum atomic E-state index is -3.95. The van der Waals surface area contributed by atoms with Gasteiger partial charge in [0.25, 0.3) is 10.0 Å². The molecule has 0 bridgehead atoms. The van der Waals surface area contributed by atoms with E-state index in [-0.39, 0.29) is 17.3 Å². The van der Waals surface area contributed by atoms with Gasteiger partial charge in [-0.25, -0.2) is 8.42 Å². The normalized spacial score (nSPS) is 14.8. The number of sulfonamides is 1. The molecular weight excluding hydrogens is 400 g/mol. The van der Waals surface area contributed by atoms with Crippen molar-refractivity contribution in [2.75, 3.05) is 37.2 Å². The van der Waals surface area contributed by atoms with Crippen molar-refractivity contribution in [2.24, 2.45) is 0 Å². The molecule has 0 N–H and O–H groups in total. The van der Waals surface area contributed by atoms with E-state index in [2.05, 4.69) is 0 Å². The Morgan fingerprint density at radius 3 is 2.39 bits per heavy atom. The molecule has 1 fully saturated rings. The van der Waals surface area contributed by atoms with Crippen LogP contribution in [0.15, 0.2) is 47.4 Å². The molecule has 8 heteroatoms. The SMILES string of the molecule is Cc1ccc(S(=O)(=O)N(CC(=O)N2CCOCC2)c2cc(Cl)ccc2C)cc1. The third-order valence-corrected chi connectivity index (χ3v) is 6.70. The number of aryl methyl sites for hydroxylation is 2. The average Bonchev–Trinajstić information content (AvgIpc) is 2.69. The second kappa shape index (κ2) is 8.51. The van der Waals surface area contributed by atoms with Gasteiger partial charge in [0.05, 0.1) is 23.8 Å². The van der Waals surface area contributed by atoms with Crippen LogP contribution in [0.2, 0.25) is 5.02 Å². The third-order valence-electron chi connectivity index (χ3n) is 4.69. The molecule has 150 valence electrons. The van der Waals surface area contributed by atoms with Crippen molar-refractivity contribution < 1.29 is 17.9 Å². The molecule has 0 atom stereocenters. The number of anilines is 1. The fourth-order valence-corrected chi connectivity index (χ4v) is 4.66. The van der Waals surface area contributed by atoms with Crippen LogP contribution >= 0.6 is 11.6 Å². The molecule has 1 amide bonds. The summed E-state index contributed by atoms with van der Waals surface area (Å²) in [6.45, 7) is 5.19. The molecule has 0 saturated carbocycles. The van der Waals surface area contributed by atoms with Gasteiger partial charge in [0, 0.05) is 18.1 Å². The Labute approximate surface area is 170 Å². The Morgan fingerprint density at radius 1 is 1.11 bits per heavy atom. The zero-order chi connectivity index (χ0) is 20.3. The van der Waals surface area contributed by atoms with Crippen LogP contribution in [-0.4, -0.2) is 52.1 Å². The molecule has 6 nitrogen and oxygen atoms in total. The molecular formula is C20H23ClN2O4S. The van der Waals surface area contributed by atoms with Crippen molar-refractivity contribution in [1.82, 2.24) is 4.90 Å². The lowest BCUT2D eigenvalue weighted by Gasteiger charge is -2.31. The average molecular weight is 423 g/mol. The van der Waals surface area contributed by atoms with E-state index in [1.807, 2.05) is 6.92 Å². The van der Waals surface area contributed by atoms with E-state index in [0.717, 1.165) is 15.4 Å². The van der Waals surface area contributed by atoms with Gasteiger partial charge in [-0.1, -0.05) is 35.4 Å². The van der Waals surface area contributed by atoms with E-state index in [9.17, 15) is 13.2 Å². The van der Waals surface area contributed by atoms with Gasteiger partial charge in [-0.3, -0.25) is 9.10 Å². The van der Waals surface area contributed by atoms with Crippen molar-refractivity contribution >= 4 is 33.2 Å². The van der Waals surface area contributed by atoms with Gasteiger partial charge in [0.2, 0.25) is 5.91 Å². The number of ether oxygens (including phenoxy) is 1. The highest BCUT2D eigenvalue weighted by atomic mass is 35.5. The molecule has 2 aromatic carbocycles. The maximum Gasteiger partial charge on any atom is 0.264 e. The first kappa shape index (κ1) is 20.6. The van der Waals surface area contributed by atoms with E-state index in [4.69, 9.17) is 16.3 Å². The Morgan fingerprint density at radius 2 is 1.75 bits per heavy atom. The molecule has 3 rings (SSSR count). The van der Waals surface area contributed by atoms with Gasteiger partial charge in [0.1, 0.15) is 6.54 Å². The number of benzene rings is 2. The van der Waals surface area contributed by atoms with Crippen LogP contribution in [0, 0.1) is 13.8 Å². The summed E-state index contributed by atoms with van der Waals surface area (Å²) in [5.74, 6) is -0.265. The van der Waals surface area contributed by atoms with E-state index in [1.54, 1.807) is 54.3 Å². The van der Waals surface area contributed by atoms with Gasteiger partial charge in [-0.05, 0) is 43.7 Å². The third kappa shape index (κ3) is 4.48. The van der Waals surface area contributed by atoms with Crippen molar-refractivity contribution in [3.05, 3.63) is 58.6 Å². The van der Waals surface area contributed by atoms with Crippen LogP contribution in [-0.2, 0) is 19.6 Å². The second-order valence-corrected chi connectivity index (χ2v) is 9.05. The van der Waals surface area contributed by atoms with E-state index in [1.165, 1.54) is 0 Å². The summed E-state index contributed by atoms with van der Waals surface area (Å²) < 4.78 is 33.3. The van der Waals surface area contributed by atoms with Gasteiger partial charge < -0.3 is 9.64 Å². The Bertz CT molecular complexity index is 955. The number of carbonyl (C=O) groups is 1. The Kier molecular flexibility index (Phi) is 6.27. The Balaban J connectivity index is 2.02. The maximum absolute atomic E-state index is 13.4. The maximum atomic E-state index is 13.4. The van der Waals surface area contributed by atoms with Crippen molar-refractivity contribution in [1.29, 1.82) is 0 Å². The number of nitrogens with zero attached hydrogens (tertiary/aromatic N) is 2. The minimum absolute atomic E-state index is 0.132. The summed E-state index contributed by atoms with van der Waals surface area (Å²) in [7, 11) is -3.95. The summed E-state index contributed by atoms with van der Waals surface area (Å²) in [6.07, 6.45) is 0. The molecule has 0 unspecified atom stereocenters. The fraction of sp³-hybridized carbons (Fsp3) is 0.350. The molecule has 0 radical (unpaired) electrons. The van der Waals surface area contributed by atoms with Gasteiger partial charge in [-0.2, -0.15) is 0 Å². The zero-order valence-electron chi connectivity index (χ0n) is 15.9. The van der Waals surface area contributed by atoms with Crippen LogP contribution in [0.1, 0.15) is 11.1 Å². The first-order chi connectivity index (χ1) is 13.3. The van der Waals surface area contributed by atoms with Crippen LogP contribution in [0.3, 0.4) is 0 Å². The molecule has 1 aliphatic rings. The number of carbonyl (C=O) groups excluding carboxylic acids is 1. The molecule has 1 heterocycles. The van der Waals surface area contributed by atoms with Crippen molar-refractivity contribution in [2.45, 2.75) is 18.7 Å². The lowest BCUT2D eigenvalue weighted by Crippen LogP contribution is -2.47. The zero-order valence-corrected chi connectivity index (χ0v) is 17.5. The smallest absolute Gasteiger partial charge is 0.264 e. The van der Waals surface area contributed by atoms with E-state index >= 15 is 0 Å². The number of amides is 1. The standard InChI is InChI=1S/C20H23ClN2O4S/c1-15-3-7-18(8-4-15)28(25,26)23(19-13-17(21)6-5-16(19)2)14-20(24)22-9-11-27-12-10-22/h3-8,13H,9-12,14H2,1-2H3. The van der Waals surface area contributed by atoms with E-state index in [0.29, 0.717) is 37.0 Å². The summed E-state index contributed by atoms with van der Waals surface area (Å²) in [5.41, 5.74) is 2.07. The summed E-state index contributed by atoms with van der Waals surface area (Å²) in [6, 6.07) is 11.6. The molecule has 0 spiro atoms. The highest BCUT2D eigenvalue weighted by Gasteiger charge is 2.30. The molecule has 1 aliphatic heterocycles. The largest absolute Gasteiger partial charge is 0.378 e. The second-order valence-electron chi connectivity index (χ2n) is 6.75. The van der Waals surface area contributed by atoms with Gasteiger partial charge in [-0.15, -0.1) is 0 Å². The lowest BCUT2D eigenvalue weighted by atomic mass is 10.2. The predicted molar refractivity (Wildman–Crippen MR) is 109 cm³/mol. The molecule has 2 aromatic rings. The van der Waals surface area contributed by atoms with Crippen LogP contribution < -0.4 is 4.31 Å². The number of halogens is 1. The summed E-state index contributed by atoms with van der Waals surface area (Å²) in [5, 5.41) is 0.406. The molecule has 28 heavy (non-hydrogen) atoms. The number of hydrogen-bond donors (Lipinski definition) is 0. The fourth-order valence-electron chi connectivity index (χ4n) is 3.02. The van der Waals surface area contributed by atoms with Gasteiger partial charge in [0.15, 0.2) is 0 Å².